The van der Waals surface area contributed by atoms with E-state index in [0.717, 1.165) is 18.4 Å². The smallest absolute Gasteiger partial charge is 0.328 e. The van der Waals surface area contributed by atoms with Gasteiger partial charge in [0.2, 0.25) is 0 Å². The molecular weight excluding hydrogens is 360 g/mol. The third kappa shape index (κ3) is 8.38. The van der Waals surface area contributed by atoms with Gasteiger partial charge in [0.1, 0.15) is 17.5 Å². The van der Waals surface area contributed by atoms with Gasteiger partial charge >= 0.3 is 11.9 Å². The highest BCUT2D eigenvalue weighted by molar-refractivity contribution is 5.82. The van der Waals surface area contributed by atoms with Gasteiger partial charge in [-0.25, -0.2) is 4.79 Å². The molecule has 0 spiro atoms. The number of ketones is 1. The number of carboxylic acid groups (broad SMARTS) is 1. The van der Waals surface area contributed by atoms with Crippen molar-refractivity contribution in [2.45, 2.75) is 84.8 Å². The second-order valence-electron chi connectivity index (χ2n) is 8.12. The Morgan fingerprint density at radius 3 is 2.57 bits per heavy atom. The Hall–Kier alpha value is -1.95. The van der Waals surface area contributed by atoms with Crippen molar-refractivity contribution in [2.75, 3.05) is 6.61 Å². The topological polar surface area (TPSA) is 89.9 Å². The summed E-state index contributed by atoms with van der Waals surface area (Å²) in [5.41, 5.74) is 1.11. The zero-order chi connectivity index (χ0) is 21.3. The molecule has 1 saturated heterocycles. The van der Waals surface area contributed by atoms with Crippen molar-refractivity contribution in [2.24, 2.45) is 5.92 Å². The number of esters is 1. The van der Waals surface area contributed by atoms with Crippen LogP contribution < -0.4 is 0 Å². The van der Waals surface area contributed by atoms with Crippen molar-refractivity contribution < 1.29 is 29.0 Å². The zero-order valence-corrected chi connectivity index (χ0v) is 17.7. The van der Waals surface area contributed by atoms with Gasteiger partial charge in [-0.2, -0.15) is 0 Å². The number of allylic oxidation sites excluding steroid dienone is 2. The summed E-state index contributed by atoms with van der Waals surface area (Å²) in [6.07, 6.45) is 6.28. The highest BCUT2D eigenvalue weighted by Crippen LogP contribution is 2.34. The van der Waals surface area contributed by atoms with Gasteiger partial charge in [-0.1, -0.05) is 18.6 Å². The van der Waals surface area contributed by atoms with Crippen molar-refractivity contribution in [1.82, 2.24) is 0 Å². The Kier molecular flexibility index (Phi) is 9.59. The summed E-state index contributed by atoms with van der Waals surface area (Å²) in [6.45, 7) is 9.36. The minimum absolute atomic E-state index is 0.0420. The lowest BCUT2D eigenvalue weighted by Gasteiger charge is -2.35. The summed E-state index contributed by atoms with van der Waals surface area (Å²) in [4.78, 5) is 34.7. The van der Waals surface area contributed by atoms with Crippen molar-refractivity contribution in [3.05, 3.63) is 23.3 Å². The molecule has 0 amide bonds. The van der Waals surface area contributed by atoms with Gasteiger partial charge in [-0.05, 0) is 58.4 Å². The van der Waals surface area contributed by atoms with Crippen LogP contribution in [0.3, 0.4) is 0 Å². The van der Waals surface area contributed by atoms with E-state index >= 15 is 0 Å². The predicted octanol–water partition coefficient (Wildman–Crippen LogP) is 4.23. The molecule has 3 unspecified atom stereocenters. The number of aliphatic carboxylic acids is 1. The fraction of sp³-hybridized carbons (Fsp3) is 0.682. The monoisotopic (exact) mass is 394 g/mol. The molecule has 0 aromatic rings. The zero-order valence-electron chi connectivity index (χ0n) is 17.7. The number of Topliss-reactive ketones (excluding diaryl/α,β-unsaturated/α-hetero) is 1. The third-order valence-corrected chi connectivity index (χ3v) is 5.20. The molecule has 0 saturated carbocycles. The van der Waals surface area contributed by atoms with Crippen LogP contribution in [0.2, 0.25) is 0 Å². The van der Waals surface area contributed by atoms with Gasteiger partial charge in [0, 0.05) is 25.3 Å². The predicted molar refractivity (Wildman–Crippen MR) is 107 cm³/mol. The molecule has 1 rings (SSSR count). The van der Waals surface area contributed by atoms with Crippen molar-refractivity contribution in [1.29, 1.82) is 0 Å². The number of hydrogen-bond donors (Lipinski definition) is 1. The van der Waals surface area contributed by atoms with Crippen LogP contribution in [0, 0.1) is 5.92 Å². The average molecular weight is 395 g/mol. The molecule has 1 aliphatic heterocycles. The molecular formula is C22H34O6. The average Bonchev–Trinajstić information content (AvgIpc) is 2.72. The fourth-order valence-corrected chi connectivity index (χ4v) is 3.38. The van der Waals surface area contributed by atoms with Crippen LogP contribution in [0.15, 0.2) is 23.3 Å². The SMILES string of the molecule is CC(=O)OC1CCC(=CC(=O)O)COC1(C)CCCC(C)C(=O)CC=C(C)C. The molecule has 0 aromatic heterocycles. The number of carboxylic acids is 1. The highest BCUT2D eigenvalue weighted by Gasteiger charge is 2.39. The van der Waals surface area contributed by atoms with E-state index in [1.807, 2.05) is 33.8 Å². The van der Waals surface area contributed by atoms with Crippen LogP contribution in [0.4, 0.5) is 0 Å². The second-order valence-corrected chi connectivity index (χ2v) is 8.12. The van der Waals surface area contributed by atoms with E-state index in [1.54, 1.807) is 0 Å². The van der Waals surface area contributed by atoms with Crippen LogP contribution in [-0.2, 0) is 23.9 Å². The Morgan fingerprint density at radius 1 is 1.32 bits per heavy atom. The largest absolute Gasteiger partial charge is 0.478 e. The molecule has 1 heterocycles. The van der Waals surface area contributed by atoms with E-state index in [2.05, 4.69) is 0 Å². The molecule has 0 aliphatic carbocycles. The molecule has 6 heteroatoms. The van der Waals surface area contributed by atoms with Crippen LogP contribution in [0.25, 0.3) is 0 Å². The molecule has 1 fully saturated rings. The van der Waals surface area contributed by atoms with Crippen LogP contribution in [0.1, 0.15) is 73.1 Å². The lowest BCUT2D eigenvalue weighted by molar-refractivity contribution is -0.167. The summed E-state index contributed by atoms with van der Waals surface area (Å²) < 4.78 is 11.5. The Bertz CT molecular complexity index is 629. The lowest BCUT2D eigenvalue weighted by atomic mass is 9.87. The first-order valence-corrected chi connectivity index (χ1v) is 9.93. The van der Waals surface area contributed by atoms with E-state index in [9.17, 15) is 14.4 Å². The van der Waals surface area contributed by atoms with E-state index in [0.29, 0.717) is 31.3 Å². The minimum Gasteiger partial charge on any atom is -0.478 e. The summed E-state index contributed by atoms with van der Waals surface area (Å²) in [7, 11) is 0. The molecule has 28 heavy (non-hydrogen) atoms. The first-order chi connectivity index (χ1) is 13.0. The molecule has 3 atom stereocenters. The number of hydrogen-bond acceptors (Lipinski definition) is 5. The second kappa shape index (κ2) is 11.1. The van der Waals surface area contributed by atoms with Crippen molar-refractivity contribution >= 4 is 17.7 Å². The summed E-state index contributed by atoms with van der Waals surface area (Å²) in [6, 6.07) is 0. The lowest BCUT2D eigenvalue weighted by Crippen LogP contribution is -2.43. The van der Waals surface area contributed by atoms with Gasteiger partial charge in [-0.15, -0.1) is 0 Å². The maximum Gasteiger partial charge on any atom is 0.328 e. The highest BCUT2D eigenvalue weighted by atomic mass is 16.6. The van der Waals surface area contributed by atoms with E-state index in [1.165, 1.54) is 13.0 Å². The Balaban J connectivity index is 2.74. The standard InChI is InChI=1S/C22H34O6/c1-15(2)8-10-19(24)16(3)7-6-12-22(5)20(28-17(4)23)11-9-18(14-27-22)13-21(25)26/h8,13,16,20H,6-7,9-12,14H2,1-5H3,(H,25,26). The van der Waals surface area contributed by atoms with Crippen molar-refractivity contribution in [3.8, 4) is 0 Å². The molecule has 1 aliphatic rings. The van der Waals surface area contributed by atoms with Gasteiger partial charge in [0.25, 0.3) is 0 Å². The van der Waals surface area contributed by atoms with Gasteiger partial charge < -0.3 is 14.6 Å². The van der Waals surface area contributed by atoms with Crippen LogP contribution in [0.5, 0.6) is 0 Å². The molecule has 0 aromatic carbocycles. The number of carbonyl (C=O) groups is 3. The normalized spacial score (nSPS) is 24.9. The maximum absolute atomic E-state index is 12.2. The quantitative estimate of drug-likeness (QED) is 0.358. The molecule has 0 radical (unpaired) electrons. The molecule has 6 nitrogen and oxygen atoms in total. The molecule has 158 valence electrons. The Morgan fingerprint density at radius 2 is 2.00 bits per heavy atom. The van der Waals surface area contributed by atoms with Gasteiger partial charge in [-0.3, -0.25) is 9.59 Å². The van der Waals surface area contributed by atoms with E-state index in [4.69, 9.17) is 14.6 Å². The van der Waals surface area contributed by atoms with Gasteiger partial charge in [0.05, 0.1) is 6.61 Å². The summed E-state index contributed by atoms with van der Waals surface area (Å²) >= 11 is 0. The summed E-state index contributed by atoms with van der Waals surface area (Å²) in [5.74, 6) is -1.21. The fourth-order valence-electron chi connectivity index (χ4n) is 3.38. The van der Waals surface area contributed by atoms with Crippen molar-refractivity contribution in [3.63, 3.8) is 0 Å². The first kappa shape index (κ1) is 24.1. The van der Waals surface area contributed by atoms with Gasteiger partial charge in [0.15, 0.2) is 0 Å². The van der Waals surface area contributed by atoms with Crippen LogP contribution in [-0.4, -0.2) is 41.1 Å². The van der Waals surface area contributed by atoms with E-state index < -0.39 is 17.7 Å². The van der Waals surface area contributed by atoms with E-state index in [-0.39, 0.29) is 24.3 Å². The van der Waals surface area contributed by atoms with Crippen LogP contribution >= 0.6 is 0 Å². The first-order valence-electron chi connectivity index (χ1n) is 9.93. The summed E-state index contributed by atoms with van der Waals surface area (Å²) in [5, 5.41) is 8.98. The number of ether oxygens (including phenoxy) is 2. The minimum atomic E-state index is -1.00. The Labute approximate surface area is 168 Å². The molecule has 0 bridgehead atoms. The number of carbonyl (C=O) groups excluding carboxylic acids is 2. The third-order valence-electron chi connectivity index (χ3n) is 5.20. The molecule has 1 N–H and O–H groups in total. The number of rotatable bonds is 9. The maximum atomic E-state index is 12.2.